The van der Waals surface area contributed by atoms with Gasteiger partial charge in [0.25, 0.3) is 0 Å². The number of methoxy groups -OCH3 is 2. The minimum Gasteiger partial charge on any atom is -0.497 e. The highest BCUT2D eigenvalue weighted by Crippen LogP contribution is 2.33. The number of anilines is 3. The van der Waals surface area contributed by atoms with Crippen LogP contribution in [0.5, 0.6) is 5.75 Å². The molecule has 5 nitrogen and oxygen atoms in total. The van der Waals surface area contributed by atoms with Gasteiger partial charge in [0.15, 0.2) is 0 Å². The van der Waals surface area contributed by atoms with E-state index in [1.807, 2.05) is 86.7 Å². The highest BCUT2D eigenvalue weighted by Gasteiger charge is 2.16. The van der Waals surface area contributed by atoms with E-state index in [1.54, 1.807) is 20.3 Å². The first kappa shape index (κ1) is 39.5. The highest BCUT2D eigenvalue weighted by atomic mass is 16.5. The van der Waals surface area contributed by atoms with Crippen LogP contribution >= 0.6 is 0 Å². The first-order valence-electron chi connectivity index (χ1n) is 17.2. The van der Waals surface area contributed by atoms with Crippen LogP contribution in [-0.4, -0.2) is 25.2 Å². The van der Waals surface area contributed by atoms with Gasteiger partial charge in [-0.2, -0.15) is 0 Å². The van der Waals surface area contributed by atoms with E-state index >= 15 is 0 Å². The molecule has 0 aromatic heterocycles. The second kappa shape index (κ2) is 21.2. The summed E-state index contributed by atoms with van der Waals surface area (Å²) in [5, 5.41) is 0. The molecule has 0 amide bonds. The van der Waals surface area contributed by atoms with Crippen molar-refractivity contribution in [3.63, 3.8) is 0 Å². The van der Waals surface area contributed by atoms with E-state index in [9.17, 15) is 0 Å². The second-order valence-electron chi connectivity index (χ2n) is 11.4. The van der Waals surface area contributed by atoms with Crippen LogP contribution in [0.25, 0.3) is 0 Å². The lowest BCUT2D eigenvalue weighted by atomic mass is 10.1. The fourth-order valence-corrected chi connectivity index (χ4v) is 5.42. The van der Waals surface area contributed by atoms with Gasteiger partial charge in [0, 0.05) is 64.2 Å². The zero-order chi connectivity index (χ0) is 37.0. The molecule has 1 atom stereocenters. The normalized spacial score (nSPS) is 13.8. The minimum atomic E-state index is 0.00632. The topological polar surface area (TPSA) is 28.2 Å². The Balaban J connectivity index is 2.05. The lowest BCUT2D eigenvalue weighted by molar-refractivity contribution is 0.306. The molecule has 0 heterocycles. The Hall–Kier alpha value is -5.94. The molecule has 1 unspecified atom stereocenters. The molecule has 5 heteroatoms. The average molecular weight is 680 g/mol. The molecule has 0 aliphatic carbocycles. The molecule has 0 spiro atoms. The molecular weight excluding hydrogens is 627 g/mol. The number of rotatable bonds is 18. The summed E-state index contributed by atoms with van der Waals surface area (Å²) in [4.78, 5) is 6.63. The molecule has 0 fully saturated rings. The Morgan fingerprint density at radius 2 is 1.37 bits per heavy atom. The van der Waals surface area contributed by atoms with Crippen LogP contribution in [0.15, 0.2) is 206 Å². The molecule has 0 N–H and O–H groups in total. The van der Waals surface area contributed by atoms with Crippen LogP contribution in [0.1, 0.15) is 34.6 Å². The van der Waals surface area contributed by atoms with Crippen molar-refractivity contribution in [3.8, 4) is 5.75 Å². The smallest absolute Gasteiger partial charge is 0.120 e. The lowest BCUT2D eigenvalue weighted by Crippen LogP contribution is -2.25. The molecule has 0 saturated heterocycles. The summed E-state index contributed by atoms with van der Waals surface area (Å²) in [6, 6.07) is 28.6. The van der Waals surface area contributed by atoms with Crippen LogP contribution in [0.4, 0.5) is 17.1 Å². The Kier molecular flexibility index (Phi) is 16.4. The van der Waals surface area contributed by atoms with Gasteiger partial charge in [-0.15, -0.1) is 0 Å². The third kappa shape index (κ3) is 11.3. The largest absolute Gasteiger partial charge is 0.497 e. The molecule has 51 heavy (non-hydrogen) atoms. The molecular formula is C46H53N3O2. The highest BCUT2D eigenvalue weighted by molar-refractivity contribution is 5.71. The number of para-hydroxylation sites is 2. The van der Waals surface area contributed by atoms with E-state index in [1.165, 1.54) is 0 Å². The van der Waals surface area contributed by atoms with Gasteiger partial charge in [0.2, 0.25) is 0 Å². The first-order valence-corrected chi connectivity index (χ1v) is 17.2. The number of allylic oxidation sites excluding steroid dienone is 12. The molecule has 3 aromatic rings. The van der Waals surface area contributed by atoms with Gasteiger partial charge in [0.1, 0.15) is 11.5 Å². The van der Waals surface area contributed by atoms with E-state index in [4.69, 9.17) is 9.47 Å². The van der Waals surface area contributed by atoms with Gasteiger partial charge in [-0.25, -0.2) is 0 Å². The maximum absolute atomic E-state index is 5.55. The molecule has 0 aliphatic heterocycles. The monoisotopic (exact) mass is 679 g/mol. The Bertz CT molecular complexity index is 1810. The van der Waals surface area contributed by atoms with Gasteiger partial charge < -0.3 is 24.2 Å². The van der Waals surface area contributed by atoms with Crippen molar-refractivity contribution in [2.45, 2.75) is 40.7 Å². The molecule has 264 valence electrons. The number of benzene rings is 3. The van der Waals surface area contributed by atoms with Gasteiger partial charge in [0.05, 0.1) is 14.2 Å². The summed E-state index contributed by atoms with van der Waals surface area (Å²) in [6.07, 6.45) is 26.6. The summed E-state index contributed by atoms with van der Waals surface area (Å²) in [5.74, 6) is 1.47. The predicted molar refractivity (Wildman–Crippen MR) is 220 cm³/mol. The van der Waals surface area contributed by atoms with Crippen LogP contribution in [0.3, 0.4) is 0 Å². The summed E-state index contributed by atoms with van der Waals surface area (Å²) in [7, 11) is 3.34. The van der Waals surface area contributed by atoms with E-state index in [0.717, 1.165) is 45.6 Å². The summed E-state index contributed by atoms with van der Waals surface area (Å²) in [6.45, 7) is 18.5. The summed E-state index contributed by atoms with van der Waals surface area (Å²) in [5.41, 5.74) is 7.02. The lowest BCUT2D eigenvalue weighted by Gasteiger charge is -2.29. The fourth-order valence-electron chi connectivity index (χ4n) is 5.42. The molecule has 0 saturated carbocycles. The zero-order valence-corrected chi connectivity index (χ0v) is 31.2. The van der Waals surface area contributed by atoms with E-state index < -0.39 is 0 Å². The average Bonchev–Trinajstić information content (AvgIpc) is 3.18. The van der Waals surface area contributed by atoms with E-state index in [0.29, 0.717) is 5.76 Å². The first-order chi connectivity index (χ1) is 24.8. The SMILES string of the molecule is C=C/C(=C\C(=C/C)N(C(/C=C\C(C)N(/C=C/C=C(\C=C)N(c1ccccc1)c1cccc(OC)c1)/C(C)=C/C=C\C)=C/C)c1ccccc1)OC. The maximum Gasteiger partial charge on any atom is 0.120 e. The Morgan fingerprint density at radius 3 is 1.94 bits per heavy atom. The minimum absolute atomic E-state index is 0.00632. The van der Waals surface area contributed by atoms with Crippen LogP contribution < -0.4 is 14.5 Å². The standard InChI is InChI=1S/C46H53N3O2/c1-10-15-24-37(6)47(34-23-30-39(11-2)49(43-27-20-17-21-28-43)44-29-22-31-46(36-44)51-9)38(7)32-33-40(12-3)48(42-25-18-16-19-26-42)41(13-4)35-45(14-5)50-8/h10-36,38H,2,5H2,1,3-4,6-9H3/b15-10-,33-32-,34-23+,37-24+,39-30+,40-12+,41-13+,45-35+. The maximum atomic E-state index is 5.55. The number of hydrogen-bond donors (Lipinski definition) is 0. The van der Waals surface area contributed by atoms with Crippen molar-refractivity contribution in [2.75, 3.05) is 24.0 Å². The molecule has 0 bridgehead atoms. The van der Waals surface area contributed by atoms with Crippen LogP contribution in [-0.2, 0) is 4.74 Å². The van der Waals surface area contributed by atoms with Crippen molar-refractivity contribution >= 4 is 17.1 Å². The van der Waals surface area contributed by atoms with Crippen molar-refractivity contribution in [1.82, 2.24) is 4.90 Å². The van der Waals surface area contributed by atoms with Crippen molar-refractivity contribution in [1.29, 1.82) is 0 Å². The van der Waals surface area contributed by atoms with Crippen molar-refractivity contribution in [3.05, 3.63) is 206 Å². The third-order valence-corrected chi connectivity index (χ3v) is 8.08. The van der Waals surface area contributed by atoms with E-state index in [-0.39, 0.29) is 6.04 Å². The number of nitrogens with zero attached hydrogens (tertiary/aromatic N) is 3. The molecule has 0 aliphatic rings. The van der Waals surface area contributed by atoms with Gasteiger partial charge in [-0.3, -0.25) is 0 Å². The second-order valence-corrected chi connectivity index (χ2v) is 11.4. The number of hydrogen-bond acceptors (Lipinski definition) is 5. The summed E-state index contributed by atoms with van der Waals surface area (Å²) >= 11 is 0. The van der Waals surface area contributed by atoms with Gasteiger partial charge in [-0.05, 0) is 107 Å². The molecule has 3 aromatic carbocycles. The molecule has 0 radical (unpaired) electrons. The Morgan fingerprint density at radius 1 is 0.725 bits per heavy atom. The van der Waals surface area contributed by atoms with Crippen LogP contribution in [0, 0.1) is 0 Å². The van der Waals surface area contributed by atoms with Gasteiger partial charge in [-0.1, -0.05) is 86.0 Å². The van der Waals surface area contributed by atoms with E-state index in [2.05, 4.69) is 134 Å². The zero-order valence-electron chi connectivity index (χ0n) is 31.2. The van der Waals surface area contributed by atoms with Gasteiger partial charge >= 0.3 is 0 Å². The third-order valence-electron chi connectivity index (χ3n) is 8.08. The van der Waals surface area contributed by atoms with Crippen LogP contribution in [0.2, 0.25) is 0 Å². The van der Waals surface area contributed by atoms with Crippen molar-refractivity contribution < 1.29 is 9.47 Å². The van der Waals surface area contributed by atoms with Crippen molar-refractivity contribution in [2.24, 2.45) is 0 Å². The number of ether oxygens (including phenoxy) is 2. The molecule has 3 rings (SSSR count). The predicted octanol–water partition coefficient (Wildman–Crippen LogP) is 12.2. The fraction of sp³-hybridized carbons (Fsp3) is 0.174. The quantitative estimate of drug-likeness (QED) is 0.0986. The summed E-state index contributed by atoms with van der Waals surface area (Å²) < 4.78 is 11.1. The Labute approximate surface area is 306 Å².